The van der Waals surface area contributed by atoms with Crippen LogP contribution < -0.4 is 15.0 Å². The monoisotopic (exact) mass is 354 g/mol. The van der Waals surface area contributed by atoms with Crippen LogP contribution in [0.25, 0.3) is 0 Å². The number of rotatable bonds is 8. The molecule has 4 nitrogen and oxygen atoms in total. The molecule has 0 fully saturated rings. The van der Waals surface area contributed by atoms with E-state index in [0.717, 1.165) is 35.7 Å². The Kier molecular flexibility index (Phi) is 7.07. The molecule has 0 aromatic heterocycles. The summed E-state index contributed by atoms with van der Waals surface area (Å²) in [6.45, 7) is 12.4. The summed E-state index contributed by atoms with van der Waals surface area (Å²) in [6.07, 6.45) is 0. The highest BCUT2D eigenvalue weighted by Crippen LogP contribution is 2.26. The Morgan fingerprint density at radius 1 is 1.12 bits per heavy atom. The zero-order valence-corrected chi connectivity index (χ0v) is 16.5. The van der Waals surface area contributed by atoms with Gasteiger partial charge in [-0.2, -0.15) is 0 Å². The molecule has 0 heterocycles. The Balaban J connectivity index is 2.00. The second-order valence-electron chi connectivity index (χ2n) is 6.70. The number of aryl methyl sites for hydroxylation is 1. The lowest BCUT2D eigenvalue weighted by atomic mass is 10.0. The van der Waals surface area contributed by atoms with E-state index in [4.69, 9.17) is 4.74 Å². The van der Waals surface area contributed by atoms with Crippen molar-refractivity contribution in [1.29, 1.82) is 0 Å². The molecule has 1 N–H and O–H groups in total. The van der Waals surface area contributed by atoms with Crippen LogP contribution in [0.15, 0.2) is 42.5 Å². The van der Waals surface area contributed by atoms with Gasteiger partial charge in [0, 0.05) is 24.5 Å². The second kappa shape index (κ2) is 9.27. The number of hydrogen-bond acceptors (Lipinski definition) is 3. The van der Waals surface area contributed by atoms with Gasteiger partial charge in [0.1, 0.15) is 5.75 Å². The van der Waals surface area contributed by atoms with Crippen LogP contribution in [-0.4, -0.2) is 25.6 Å². The van der Waals surface area contributed by atoms with Crippen molar-refractivity contribution in [1.82, 2.24) is 0 Å². The van der Waals surface area contributed by atoms with Crippen molar-refractivity contribution in [2.45, 2.75) is 40.5 Å². The van der Waals surface area contributed by atoms with Gasteiger partial charge in [0.15, 0.2) is 6.61 Å². The average molecular weight is 354 g/mol. The highest BCUT2D eigenvalue weighted by atomic mass is 16.5. The van der Waals surface area contributed by atoms with Gasteiger partial charge in [-0.05, 0) is 62.1 Å². The molecule has 1 amide bonds. The van der Waals surface area contributed by atoms with Crippen LogP contribution >= 0.6 is 0 Å². The summed E-state index contributed by atoms with van der Waals surface area (Å²) in [5, 5.41) is 2.95. The number of amides is 1. The predicted octanol–water partition coefficient (Wildman–Crippen LogP) is 4.98. The van der Waals surface area contributed by atoms with E-state index in [1.807, 2.05) is 43.3 Å². The molecule has 26 heavy (non-hydrogen) atoms. The molecule has 0 saturated heterocycles. The quantitative estimate of drug-likeness (QED) is 0.727. The van der Waals surface area contributed by atoms with Gasteiger partial charge in [0.05, 0.1) is 0 Å². The number of carbonyl (C=O) groups is 1. The van der Waals surface area contributed by atoms with Gasteiger partial charge in [-0.25, -0.2) is 0 Å². The van der Waals surface area contributed by atoms with Crippen molar-refractivity contribution in [3.05, 3.63) is 53.6 Å². The van der Waals surface area contributed by atoms with E-state index >= 15 is 0 Å². The van der Waals surface area contributed by atoms with Crippen molar-refractivity contribution in [3.8, 4) is 5.75 Å². The molecule has 0 unspecified atom stereocenters. The number of ether oxygens (including phenoxy) is 1. The van der Waals surface area contributed by atoms with Crippen LogP contribution in [0, 0.1) is 6.92 Å². The molecule has 0 saturated carbocycles. The van der Waals surface area contributed by atoms with Crippen LogP contribution in [-0.2, 0) is 4.79 Å². The number of hydrogen-bond donors (Lipinski definition) is 1. The maximum Gasteiger partial charge on any atom is 0.262 e. The second-order valence-corrected chi connectivity index (χ2v) is 6.70. The molecule has 0 aliphatic carbocycles. The summed E-state index contributed by atoms with van der Waals surface area (Å²) in [7, 11) is 0. The van der Waals surface area contributed by atoms with E-state index in [-0.39, 0.29) is 12.5 Å². The minimum absolute atomic E-state index is 0.000962. The first-order valence-electron chi connectivity index (χ1n) is 9.33. The average Bonchev–Trinajstić information content (AvgIpc) is 2.63. The van der Waals surface area contributed by atoms with Crippen molar-refractivity contribution in [3.63, 3.8) is 0 Å². The fraction of sp³-hybridized carbons (Fsp3) is 0.409. The molecule has 0 radical (unpaired) electrons. The minimum atomic E-state index is -0.151. The van der Waals surface area contributed by atoms with Crippen molar-refractivity contribution in [2.24, 2.45) is 0 Å². The molecule has 0 spiro atoms. The third-order valence-corrected chi connectivity index (χ3v) is 4.51. The molecular formula is C22H30N2O2. The minimum Gasteiger partial charge on any atom is -0.483 e. The summed E-state index contributed by atoms with van der Waals surface area (Å²) < 4.78 is 5.75. The SMILES string of the molecule is CCN(CC)c1ccc(NC(=O)COc2ccccc2C(C)C)c(C)c1. The largest absolute Gasteiger partial charge is 0.483 e. The van der Waals surface area contributed by atoms with Gasteiger partial charge in [0.25, 0.3) is 5.91 Å². The van der Waals surface area contributed by atoms with Crippen LogP contribution in [0.1, 0.15) is 44.7 Å². The van der Waals surface area contributed by atoms with E-state index in [1.54, 1.807) is 0 Å². The summed E-state index contributed by atoms with van der Waals surface area (Å²) in [4.78, 5) is 14.6. The van der Waals surface area contributed by atoms with Crippen LogP contribution in [0.2, 0.25) is 0 Å². The molecular weight excluding hydrogens is 324 g/mol. The van der Waals surface area contributed by atoms with Gasteiger partial charge in [-0.3, -0.25) is 4.79 Å². The lowest BCUT2D eigenvalue weighted by Crippen LogP contribution is -2.23. The van der Waals surface area contributed by atoms with Crippen molar-refractivity contribution >= 4 is 17.3 Å². The fourth-order valence-electron chi connectivity index (χ4n) is 2.99. The molecule has 0 aliphatic rings. The lowest BCUT2D eigenvalue weighted by molar-refractivity contribution is -0.118. The summed E-state index contributed by atoms with van der Waals surface area (Å²) >= 11 is 0. The number of nitrogens with zero attached hydrogens (tertiary/aromatic N) is 1. The summed E-state index contributed by atoms with van der Waals surface area (Å²) in [6, 6.07) is 14.0. The fourth-order valence-corrected chi connectivity index (χ4v) is 2.99. The number of benzene rings is 2. The maximum absolute atomic E-state index is 12.3. The summed E-state index contributed by atoms with van der Waals surface area (Å²) in [5.74, 6) is 0.970. The third-order valence-electron chi connectivity index (χ3n) is 4.51. The molecule has 0 aliphatic heterocycles. The number of para-hydroxylation sites is 1. The lowest BCUT2D eigenvalue weighted by Gasteiger charge is -2.22. The predicted molar refractivity (Wildman–Crippen MR) is 109 cm³/mol. The molecule has 2 aromatic rings. The zero-order chi connectivity index (χ0) is 19.1. The first-order valence-corrected chi connectivity index (χ1v) is 9.33. The number of carbonyl (C=O) groups excluding carboxylic acids is 1. The molecule has 0 bridgehead atoms. The normalized spacial score (nSPS) is 10.7. The van der Waals surface area contributed by atoms with E-state index in [0.29, 0.717) is 5.92 Å². The van der Waals surface area contributed by atoms with Gasteiger partial charge in [0.2, 0.25) is 0 Å². The Bertz CT molecular complexity index is 737. The topological polar surface area (TPSA) is 41.6 Å². The highest BCUT2D eigenvalue weighted by Gasteiger charge is 2.11. The van der Waals surface area contributed by atoms with Gasteiger partial charge >= 0.3 is 0 Å². The first-order chi connectivity index (χ1) is 12.5. The molecule has 2 aromatic carbocycles. The number of anilines is 2. The summed E-state index contributed by atoms with van der Waals surface area (Å²) in [5.41, 5.74) is 4.16. The Labute approximate surface area is 157 Å². The number of nitrogens with one attached hydrogen (secondary N) is 1. The van der Waals surface area contributed by atoms with Crippen LogP contribution in [0.5, 0.6) is 5.75 Å². The van der Waals surface area contributed by atoms with Crippen LogP contribution in [0.4, 0.5) is 11.4 Å². The Morgan fingerprint density at radius 3 is 2.42 bits per heavy atom. The van der Waals surface area contributed by atoms with Gasteiger partial charge in [-0.15, -0.1) is 0 Å². The first kappa shape index (κ1) is 19.8. The molecule has 2 rings (SSSR count). The van der Waals surface area contributed by atoms with Crippen molar-refractivity contribution < 1.29 is 9.53 Å². The van der Waals surface area contributed by atoms with Gasteiger partial charge in [-0.1, -0.05) is 32.0 Å². The van der Waals surface area contributed by atoms with Crippen LogP contribution in [0.3, 0.4) is 0 Å². The zero-order valence-electron chi connectivity index (χ0n) is 16.5. The molecule has 4 heteroatoms. The van der Waals surface area contributed by atoms with E-state index < -0.39 is 0 Å². The van der Waals surface area contributed by atoms with E-state index in [9.17, 15) is 4.79 Å². The molecule has 0 atom stereocenters. The Morgan fingerprint density at radius 2 is 1.81 bits per heavy atom. The van der Waals surface area contributed by atoms with E-state index in [1.165, 1.54) is 5.69 Å². The van der Waals surface area contributed by atoms with Crippen molar-refractivity contribution in [2.75, 3.05) is 29.9 Å². The van der Waals surface area contributed by atoms with Gasteiger partial charge < -0.3 is 15.0 Å². The maximum atomic E-state index is 12.3. The third kappa shape index (κ3) is 5.01. The highest BCUT2D eigenvalue weighted by molar-refractivity contribution is 5.92. The Hall–Kier alpha value is -2.49. The molecule has 140 valence electrons. The smallest absolute Gasteiger partial charge is 0.262 e. The standard InChI is InChI=1S/C22H30N2O2/c1-6-24(7-2)18-12-13-20(17(5)14-18)23-22(25)15-26-21-11-9-8-10-19(21)16(3)4/h8-14,16H,6-7,15H2,1-5H3,(H,23,25). The van der Waals surface area contributed by atoms with E-state index in [2.05, 4.69) is 44.0 Å².